The van der Waals surface area contributed by atoms with E-state index in [4.69, 9.17) is 16.3 Å². The zero-order valence-corrected chi connectivity index (χ0v) is 21.2. The largest absolute Gasteiger partial charge is 0.437 e. The second kappa shape index (κ2) is 10.9. The molecule has 2 aromatic heterocycles. The van der Waals surface area contributed by atoms with Crippen LogP contribution >= 0.6 is 22.9 Å². The number of aromatic nitrogens is 2. The Kier molecular flexibility index (Phi) is 7.31. The van der Waals surface area contributed by atoms with E-state index in [9.17, 15) is 4.79 Å². The van der Waals surface area contributed by atoms with Gasteiger partial charge in [-0.25, -0.2) is 4.98 Å². The number of halogens is 1. The van der Waals surface area contributed by atoms with Crippen LogP contribution in [0.25, 0.3) is 10.2 Å². The van der Waals surface area contributed by atoms with E-state index in [0.717, 1.165) is 42.1 Å². The molecule has 8 nitrogen and oxygen atoms in total. The normalized spacial score (nSPS) is 14.3. The van der Waals surface area contributed by atoms with Crippen molar-refractivity contribution in [1.29, 1.82) is 0 Å². The van der Waals surface area contributed by atoms with Gasteiger partial charge in [0.2, 0.25) is 17.7 Å². The van der Waals surface area contributed by atoms with Crippen molar-refractivity contribution in [3.63, 3.8) is 0 Å². The number of thiophene rings is 1. The van der Waals surface area contributed by atoms with Gasteiger partial charge in [-0.2, -0.15) is 4.98 Å². The van der Waals surface area contributed by atoms with Crippen molar-refractivity contribution < 1.29 is 9.53 Å². The van der Waals surface area contributed by atoms with E-state index >= 15 is 0 Å². The lowest BCUT2D eigenvalue weighted by molar-refractivity contribution is -0.111. The summed E-state index contributed by atoms with van der Waals surface area (Å²) in [5, 5.41) is 7.99. The summed E-state index contributed by atoms with van der Waals surface area (Å²) >= 11 is 6.99. The molecule has 3 heterocycles. The average molecular weight is 521 g/mol. The molecule has 36 heavy (non-hydrogen) atoms. The van der Waals surface area contributed by atoms with Crippen LogP contribution in [0.2, 0.25) is 0 Å². The van der Waals surface area contributed by atoms with Crippen LogP contribution in [0.4, 0.5) is 23.0 Å². The maximum absolute atomic E-state index is 11.8. The Balaban J connectivity index is 1.33. The van der Waals surface area contributed by atoms with Gasteiger partial charge in [-0.3, -0.25) is 4.79 Å². The maximum Gasteiger partial charge on any atom is 0.249 e. The summed E-state index contributed by atoms with van der Waals surface area (Å²) in [6.45, 7) is 4.18. The Morgan fingerprint density at radius 3 is 2.64 bits per heavy atom. The van der Waals surface area contributed by atoms with Crippen LogP contribution < -0.4 is 20.3 Å². The monoisotopic (exact) mass is 520 g/mol. The number of amides is 1. The molecule has 0 spiro atoms. The number of piperazine rings is 1. The topological polar surface area (TPSA) is 82.6 Å². The number of carbonyl (C=O) groups excluding carboxylic acids is 1. The lowest BCUT2D eigenvalue weighted by Crippen LogP contribution is -2.44. The second-order valence-electron chi connectivity index (χ2n) is 8.36. The van der Waals surface area contributed by atoms with Crippen LogP contribution in [0.5, 0.6) is 11.6 Å². The Labute approximate surface area is 218 Å². The molecule has 0 unspecified atom stereocenters. The molecule has 4 aromatic rings. The summed E-state index contributed by atoms with van der Waals surface area (Å²) < 4.78 is 6.97. The van der Waals surface area contributed by atoms with E-state index < -0.39 is 0 Å². The molecular formula is C26H25ClN6O2S. The number of benzene rings is 2. The van der Waals surface area contributed by atoms with E-state index in [2.05, 4.69) is 49.6 Å². The van der Waals surface area contributed by atoms with Crippen LogP contribution in [0.3, 0.4) is 0 Å². The SMILES string of the molecule is CN1CCN(c2ccc(Nc3nc(Oc4cccc(NC(=O)C=CCl)c4)c4sccc4n3)cc2)CC1. The lowest BCUT2D eigenvalue weighted by Gasteiger charge is -2.34. The second-order valence-corrected chi connectivity index (χ2v) is 9.53. The van der Waals surface area contributed by atoms with Gasteiger partial charge in [-0.15, -0.1) is 11.3 Å². The fraction of sp³-hybridized carbons (Fsp3) is 0.192. The van der Waals surface area contributed by atoms with Crippen molar-refractivity contribution in [2.45, 2.75) is 0 Å². The zero-order valence-electron chi connectivity index (χ0n) is 19.6. The molecule has 0 aliphatic carbocycles. The first-order chi connectivity index (χ1) is 17.6. The molecule has 0 radical (unpaired) electrons. The zero-order chi connectivity index (χ0) is 24.9. The van der Waals surface area contributed by atoms with E-state index in [1.807, 2.05) is 23.6 Å². The minimum Gasteiger partial charge on any atom is -0.437 e. The summed E-state index contributed by atoms with van der Waals surface area (Å²) in [7, 11) is 2.15. The van der Waals surface area contributed by atoms with Crippen molar-refractivity contribution in [3.05, 3.63) is 71.6 Å². The number of nitrogens with one attached hydrogen (secondary N) is 2. The number of likely N-dealkylation sites (N-methyl/N-ethyl adjacent to an activating group) is 1. The number of ether oxygens (including phenoxy) is 1. The van der Waals surface area contributed by atoms with Crippen molar-refractivity contribution in [2.75, 3.05) is 48.8 Å². The van der Waals surface area contributed by atoms with E-state index in [1.54, 1.807) is 24.3 Å². The highest BCUT2D eigenvalue weighted by Gasteiger charge is 2.15. The number of rotatable bonds is 7. The third-order valence-corrected chi connectivity index (χ3v) is 6.81. The van der Waals surface area contributed by atoms with Crippen molar-refractivity contribution >= 4 is 62.1 Å². The maximum atomic E-state index is 11.8. The standard InChI is InChI=1S/C26H25ClN6O2S/c1-32-12-14-33(15-13-32)20-7-5-18(6-8-20)29-26-30-22-10-16-36-24(22)25(31-26)35-21-4-2-3-19(17-21)28-23(34)9-11-27/h2-11,16-17H,12-15H2,1H3,(H,28,34)(H,29,30,31). The van der Waals surface area contributed by atoms with Crippen LogP contribution in [-0.4, -0.2) is 54.0 Å². The van der Waals surface area contributed by atoms with E-state index in [0.29, 0.717) is 23.3 Å². The van der Waals surface area contributed by atoms with Crippen LogP contribution in [-0.2, 0) is 4.79 Å². The third-order valence-electron chi connectivity index (χ3n) is 5.79. The molecule has 1 saturated heterocycles. The Morgan fingerprint density at radius 2 is 1.86 bits per heavy atom. The highest BCUT2D eigenvalue weighted by Crippen LogP contribution is 2.34. The van der Waals surface area contributed by atoms with Gasteiger partial charge in [0.1, 0.15) is 10.4 Å². The van der Waals surface area contributed by atoms with Gasteiger partial charge < -0.3 is 25.2 Å². The smallest absolute Gasteiger partial charge is 0.249 e. The molecule has 2 aromatic carbocycles. The van der Waals surface area contributed by atoms with E-state index in [1.165, 1.54) is 28.6 Å². The molecule has 1 amide bonds. The highest BCUT2D eigenvalue weighted by molar-refractivity contribution is 7.17. The first-order valence-electron chi connectivity index (χ1n) is 11.5. The van der Waals surface area contributed by atoms with Crippen LogP contribution in [0.1, 0.15) is 0 Å². The molecule has 184 valence electrons. The molecule has 1 aliphatic heterocycles. The van der Waals surface area contributed by atoms with Gasteiger partial charge in [-0.1, -0.05) is 17.7 Å². The number of nitrogens with zero attached hydrogens (tertiary/aromatic N) is 4. The summed E-state index contributed by atoms with van der Waals surface area (Å²) in [5.74, 6) is 1.10. The molecule has 5 rings (SSSR count). The third kappa shape index (κ3) is 5.76. The molecule has 1 fully saturated rings. The minimum absolute atomic E-state index is 0.324. The first-order valence-corrected chi connectivity index (χ1v) is 12.8. The summed E-state index contributed by atoms with van der Waals surface area (Å²) in [6, 6.07) is 17.3. The van der Waals surface area contributed by atoms with Crippen molar-refractivity contribution in [3.8, 4) is 11.6 Å². The average Bonchev–Trinajstić information content (AvgIpc) is 3.35. The van der Waals surface area contributed by atoms with Gasteiger partial charge in [0.05, 0.1) is 5.52 Å². The number of anilines is 4. The minimum atomic E-state index is -0.324. The quantitative estimate of drug-likeness (QED) is 0.304. The molecule has 0 saturated carbocycles. The first kappa shape index (κ1) is 24.1. The van der Waals surface area contributed by atoms with Gasteiger partial charge in [0.15, 0.2) is 0 Å². The van der Waals surface area contributed by atoms with Crippen LogP contribution in [0, 0.1) is 0 Å². The number of hydrogen-bond donors (Lipinski definition) is 2. The van der Waals surface area contributed by atoms with Gasteiger partial charge in [0.25, 0.3) is 0 Å². The Hall–Kier alpha value is -3.66. The molecule has 2 N–H and O–H groups in total. The van der Waals surface area contributed by atoms with Crippen molar-refractivity contribution in [1.82, 2.24) is 14.9 Å². The predicted octanol–water partition coefficient (Wildman–Crippen LogP) is 5.67. The Morgan fingerprint density at radius 1 is 1.06 bits per heavy atom. The van der Waals surface area contributed by atoms with Gasteiger partial charge >= 0.3 is 0 Å². The molecule has 10 heteroatoms. The van der Waals surface area contributed by atoms with Crippen LogP contribution in [0.15, 0.2) is 71.6 Å². The molecule has 0 bridgehead atoms. The predicted molar refractivity (Wildman–Crippen MR) is 147 cm³/mol. The molecule has 1 aliphatic rings. The summed E-state index contributed by atoms with van der Waals surface area (Å²) in [6.07, 6.45) is 1.24. The van der Waals surface area contributed by atoms with Crippen molar-refractivity contribution in [2.24, 2.45) is 0 Å². The molecular weight excluding hydrogens is 496 g/mol. The number of hydrogen-bond acceptors (Lipinski definition) is 8. The fourth-order valence-electron chi connectivity index (χ4n) is 3.90. The summed E-state index contributed by atoms with van der Waals surface area (Å²) in [5.41, 5.74) is 4.64. The lowest BCUT2D eigenvalue weighted by atomic mass is 10.2. The van der Waals surface area contributed by atoms with Gasteiger partial charge in [-0.05, 0) is 54.9 Å². The Bertz CT molecular complexity index is 1380. The fourth-order valence-corrected chi connectivity index (χ4v) is 4.77. The highest BCUT2D eigenvalue weighted by atomic mass is 35.5. The van der Waals surface area contributed by atoms with Gasteiger partial charge in [0, 0.05) is 60.9 Å². The van der Waals surface area contributed by atoms with E-state index in [-0.39, 0.29) is 5.91 Å². The summed E-state index contributed by atoms with van der Waals surface area (Å²) in [4.78, 5) is 25.8. The molecule has 0 atom stereocenters. The number of carbonyl (C=O) groups is 1. The number of fused-ring (bicyclic) bond motifs is 1.